The molecule has 0 fully saturated rings. The summed E-state index contributed by atoms with van der Waals surface area (Å²) in [5, 5.41) is 9.94. The summed E-state index contributed by atoms with van der Waals surface area (Å²) in [6, 6.07) is 17.6. The topological polar surface area (TPSA) is 20.2 Å². The first-order valence-electron chi connectivity index (χ1n) is 5.42. The third-order valence-corrected chi connectivity index (χ3v) is 3.01. The summed E-state index contributed by atoms with van der Waals surface area (Å²) in [5.41, 5.74) is 1.98. The maximum Gasteiger partial charge on any atom is 0.0975 e. The Kier molecular flexibility index (Phi) is 4.13. The summed E-state index contributed by atoms with van der Waals surface area (Å²) >= 11 is 3.39. The Morgan fingerprint density at radius 3 is 2.24 bits per heavy atom. The van der Waals surface area contributed by atoms with Crippen LogP contribution in [0.25, 0.3) is 6.08 Å². The first kappa shape index (κ1) is 12.1. The van der Waals surface area contributed by atoms with Gasteiger partial charge in [0.25, 0.3) is 0 Å². The van der Waals surface area contributed by atoms with Crippen LogP contribution in [0.3, 0.4) is 0 Å². The van der Waals surface area contributed by atoms with Crippen molar-refractivity contribution >= 4 is 22.0 Å². The fourth-order valence-electron chi connectivity index (χ4n) is 1.54. The molecule has 0 saturated heterocycles. The van der Waals surface area contributed by atoms with Crippen LogP contribution in [-0.4, -0.2) is 5.11 Å². The fraction of sp³-hybridized carbons (Fsp3) is 0.0667. The average Bonchev–Trinajstić information content (AvgIpc) is 2.39. The van der Waals surface area contributed by atoms with E-state index in [1.54, 1.807) is 6.08 Å². The Labute approximate surface area is 110 Å². The smallest absolute Gasteiger partial charge is 0.0975 e. The molecule has 0 bridgehead atoms. The SMILES string of the molecule is OC(C=Cc1ccc(Br)cc1)c1ccccc1. The normalized spacial score (nSPS) is 12.8. The van der Waals surface area contributed by atoms with Crippen LogP contribution in [0.15, 0.2) is 65.1 Å². The van der Waals surface area contributed by atoms with E-state index in [-0.39, 0.29) is 0 Å². The number of aliphatic hydroxyl groups excluding tert-OH is 1. The van der Waals surface area contributed by atoms with Gasteiger partial charge in [-0.1, -0.05) is 70.5 Å². The van der Waals surface area contributed by atoms with E-state index in [1.807, 2.05) is 60.7 Å². The van der Waals surface area contributed by atoms with Gasteiger partial charge in [-0.2, -0.15) is 0 Å². The summed E-state index contributed by atoms with van der Waals surface area (Å²) < 4.78 is 1.05. The lowest BCUT2D eigenvalue weighted by atomic mass is 10.1. The van der Waals surface area contributed by atoms with Gasteiger partial charge < -0.3 is 5.11 Å². The lowest BCUT2D eigenvalue weighted by Crippen LogP contribution is -1.91. The highest BCUT2D eigenvalue weighted by molar-refractivity contribution is 9.10. The number of hydrogen-bond acceptors (Lipinski definition) is 1. The van der Waals surface area contributed by atoms with E-state index in [0.29, 0.717) is 0 Å². The zero-order valence-electron chi connectivity index (χ0n) is 9.25. The Balaban J connectivity index is 2.08. The second-order valence-corrected chi connectivity index (χ2v) is 4.68. The van der Waals surface area contributed by atoms with Crippen LogP contribution in [-0.2, 0) is 0 Å². The van der Waals surface area contributed by atoms with Crippen LogP contribution in [0.2, 0.25) is 0 Å². The van der Waals surface area contributed by atoms with Gasteiger partial charge in [0.05, 0.1) is 6.10 Å². The van der Waals surface area contributed by atoms with Gasteiger partial charge in [0.2, 0.25) is 0 Å². The molecule has 1 nitrogen and oxygen atoms in total. The zero-order chi connectivity index (χ0) is 12.1. The molecule has 0 heterocycles. The number of aliphatic hydroxyl groups is 1. The standard InChI is InChI=1S/C15H13BrO/c16-14-9-6-12(7-10-14)8-11-15(17)13-4-2-1-3-5-13/h1-11,15,17H. The molecule has 2 heteroatoms. The molecule has 0 radical (unpaired) electrons. The summed E-state index contributed by atoms with van der Waals surface area (Å²) in [6.45, 7) is 0. The lowest BCUT2D eigenvalue weighted by Gasteiger charge is -2.04. The summed E-state index contributed by atoms with van der Waals surface area (Å²) in [7, 11) is 0. The van der Waals surface area contributed by atoms with Crippen molar-refractivity contribution in [3.63, 3.8) is 0 Å². The minimum absolute atomic E-state index is 0.556. The van der Waals surface area contributed by atoms with Crippen molar-refractivity contribution in [1.82, 2.24) is 0 Å². The molecule has 0 amide bonds. The first-order valence-corrected chi connectivity index (χ1v) is 6.22. The van der Waals surface area contributed by atoms with Crippen molar-refractivity contribution in [2.45, 2.75) is 6.10 Å². The fourth-order valence-corrected chi connectivity index (χ4v) is 1.80. The molecule has 0 aliphatic carbocycles. The van der Waals surface area contributed by atoms with Gasteiger partial charge in [0.15, 0.2) is 0 Å². The molecule has 86 valence electrons. The third kappa shape index (κ3) is 3.55. The molecule has 0 aromatic heterocycles. The number of halogens is 1. The van der Waals surface area contributed by atoms with Gasteiger partial charge in [-0.25, -0.2) is 0 Å². The van der Waals surface area contributed by atoms with Crippen molar-refractivity contribution in [2.24, 2.45) is 0 Å². The molecular weight excluding hydrogens is 276 g/mol. The minimum Gasteiger partial charge on any atom is -0.384 e. The van der Waals surface area contributed by atoms with Gasteiger partial charge in [-0.05, 0) is 23.3 Å². The molecule has 1 unspecified atom stereocenters. The van der Waals surface area contributed by atoms with Crippen molar-refractivity contribution in [1.29, 1.82) is 0 Å². The van der Waals surface area contributed by atoms with Crippen LogP contribution in [0.1, 0.15) is 17.2 Å². The molecule has 2 aromatic rings. The van der Waals surface area contributed by atoms with E-state index in [2.05, 4.69) is 15.9 Å². The zero-order valence-corrected chi connectivity index (χ0v) is 10.8. The molecule has 1 N–H and O–H groups in total. The second-order valence-electron chi connectivity index (χ2n) is 3.77. The van der Waals surface area contributed by atoms with Crippen LogP contribution in [0, 0.1) is 0 Å². The van der Waals surface area contributed by atoms with Crippen LogP contribution in [0.4, 0.5) is 0 Å². The molecule has 0 aliphatic rings. The largest absolute Gasteiger partial charge is 0.384 e. The lowest BCUT2D eigenvalue weighted by molar-refractivity contribution is 0.229. The van der Waals surface area contributed by atoms with E-state index in [0.717, 1.165) is 15.6 Å². The molecule has 0 spiro atoms. The average molecular weight is 289 g/mol. The van der Waals surface area contributed by atoms with Crippen molar-refractivity contribution < 1.29 is 5.11 Å². The Morgan fingerprint density at radius 1 is 0.941 bits per heavy atom. The highest BCUT2D eigenvalue weighted by atomic mass is 79.9. The summed E-state index contributed by atoms with van der Waals surface area (Å²) in [5.74, 6) is 0. The summed E-state index contributed by atoms with van der Waals surface area (Å²) in [6.07, 6.45) is 3.16. The van der Waals surface area contributed by atoms with Crippen molar-refractivity contribution in [3.8, 4) is 0 Å². The third-order valence-electron chi connectivity index (χ3n) is 2.48. The highest BCUT2D eigenvalue weighted by Gasteiger charge is 2.00. The van der Waals surface area contributed by atoms with E-state index in [1.165, 1.54) is 0 Å². The van der Waals surface area contributed by atoms with Gasteiger partial charge >= 0.3 is 0 Å². The monoisotopic (exact) mass is 288 g/mol. The number of rotatable bonds is 3. The highest BCUT2D eigenvalue weighted by Crippen LogP contribution is 2.16. The second kappa shape index (κ2) is 5.80. The van der Waals surface area contributed by atoms with E-state index < -0.39 is 6.10 Å². The van der Waals surface area contributed by atoms with Gasteiger partial charge in [-0.15, -0.1) is 0 Å². The van der Waals surface area contributed by atoms with Crippen molar-refractivity contribution in [2.75, 3.05) is 0 Å². The van der Waals surface area contributed by atoms with Crippen LogP contribution < -0.4 is 0 Å². The van der Waals surface area contributed by atoms with Crippen LogP contribution in [0.5, 0.6) is 0 Å². The quantitative estimate of drug-likeness (QED) is 0.898. The number of benzene rings is 2. The Morgan fingerprint density at radius 2 is 1.59 bits per heavy atom. The van der Waals surface area contributed by atoms with Gasteiger partial charge in [0, 0.05) is 4.47 Å². The molecule has 1 atom stereocenters. The van der Waals surface area contributed by atoms with E-state index >= 15 is 0 Å². The minimum atomic E-state index is -0.556. The molecule has 2 aromatic carbocycles. The van der Waals surface area contributed by atoms with Crippen LogP contribution >= 0.6 is 15.9 Å². The molecule has 2 rings (SSSR count). The van der Waals surface area contributed by atoms with Gasteiger partial charge in [-0.3, -0.25) is 0 Å². The molecule has 0 saturated carbocycles. The predicted molar refractivity (Wildman–Crippen MR) is 74.6 cm³/mol. The predicted octanol–water partition coefficient (Wildman–Crippen LogP) is 4.20. The maximum absolute atomic E-state index is 9.94. The van der Waals surface area contributed by atoms with E-state index in [9.17, 15) is 5.11 Å². The van der Waals surface area contributed by atoms with Gasteiger partial charge in [0.1, 0.15) is 0 Å². The van der Waals surface area contributed by atoms with E-state index in [4.69, 9.17) is 0 Å². The number of hydrogen-bond donors (Lipinski definition) is 1. The molecule has 17 heavy (non-hydrogen) atoms. The molecule has 0 aliphatic heterocycles. The Hall–Kier alpha value is -1.38. The maximum atomic E-state index is 9.94. The Bertz CT molecular complexity index is 488. The first-order chi connectivity index (χ1) is 8.25. The summed E-state index contributed by atoms with van der Waals surface area (Å²) in [4.78, 5) is 0. The van der Waals surface area contributed by atoms with Crippen molar-refractivity contribution in [3.05, 3.63) is 76.3 Å². The molecular formula is C15H13BrO.